The van der Waals surface area contributed by atoms with Gasteiger partial charge in [-0.3, -0.25) is 0 Å². The Hall–Kier alpha value is -2.00. The molecule has 3 nitrogen and oxygen atoms in total. The van der Waals surface area contributed by atoms with Gasteiger partial charge in [0.2, 0.25) is 0 Å². The van der Waals surface area contributed by atoms with Gasteiger partial charge in [0.1, 0.15) is 12.4 Å². The molecular formula is C15H18N2O. The first-order valence-electron chi connectivity index (χ1n) is 6.05. The average molecular weight is 242 g/mol. The molecule has 4 N–H and O–H groups in total. The summed E-state index contributed by atoms with van der Waals surface area (Å²) in [6.07, 6.45) is 0.836. The first-order valence-corrected chi connectivity index (χ1v) is 6.05. The van der Waals surface area contributed by atoms with Crippen molar-refractivity contribution in [2.24, 2.45) is 5.73 Å². The van der Waals surface area contributed by atoms with Crippen LogP contribution in [0.15, 0.2) is 48.5 Å². The Balaban J connectivity index is 2.01. The molecule has 0 saturated carbocycles. The molecular weight excluding hydrogens is 224 g/mol. The fourth-order valence-corrected chi connectivity index (χ4v) is 1.79. The maximum atomic E-state index is 5.95. The Bertz CT molecular complexity index is 497. The third-order valence-electron chi connectivity index (χ3n) is 2.74. The fraction of sp³-hybridized carbons (Fsp3) is 0.200. The van der Waals surface area contributed by atoms with Gasteiger partial charge < -0.3 is 16.2 Å². The van der Waals surface area contributed by atoms with Crippen LogP contribution in [0, 0.1) is 0 Å². The monoisotopic (exact) mass is 242 g/mol. The molecule has 2 aromatic carbocycles. The van der Waals surface area contributed by atoms with Gasteiger partial charge in [0.15, 0.2) is 0 Å². The molecule has 3 heteroatoms. The van der Waals surface area contributed by atoms with Gasteiger partial charge in [0.05, 0.1) is 5.69 Å². The third-order valence-corrected chi connectivity index (χ3v) is 2.74. The minimum absolute atomic E-state index is 0.529. The lowest BCUT2D eigenvalue weighted by atomic mass is 10.1. The quantitative estimate of drug-likeness (QED) is 0.791. The number of benzene rings is 2. The van der Waals surface area contributed by atoms with Crippen LogP contribution in [0.3, 0.4) is 0 Å². The second kappa shape index (κ2) is 6.07. The van der Waals surface area contributed by atoms with Crippen LogP contribution in [-0.4, -0.2) is 6.54 Å². The van der Waals surface area contributed by atoms with Gasteiger partial charge in [0.25, 0.3) is 0 Å². The minimum atomic E-state index is 0.529. The molecule has 2 rings (SSSR count). The van der Waals surface area contributed by atoms with Crippen LogP contribution in [0.5, 0.6) is 5.75 Å². The van der Waals surface area contributed by atoms with E-state index >= 15 is 0 Å². The smallest absolute Gasteiger partial charge is 0.142 e. The van der Waals surface area contributed by atoms with E-state index in [0.717, 1.165) is 23.3 Å². The van der Waals surface area contributed by atoms with E-state index in [1.807, 2.05) is 48.5 Å². The van der Waals surface area contributed by atoms with Gasteiger partial charge in [-0.05, 0) is 36.2 Å². The van der Waals surface area contributed by atoms with E-state index in [1.54, 1.807) is 0 Å². The normalized spacial score (nSPS) is 10.3. The summed E-state index contributed by atoms with van der Waals surface area (Å²) in [5, 5.41) is 0. The van der Waals surface area contributed by atoms with E-state index < -0.39 is 0 Å². The maximum Gasteiger partial charge on any atom is 0.142 e. The fourth-order valence-electron chi connectivity index (χ4n) is 1.79. The van der Waals surface area contributed by atoms with Crippen molar-refractivity contribution in [1.29, 1.82) is 0 Å². The molecule has 0 radical (unpaired) electrons. The van der Waals surface area contributed by atoms with Crippen molar-refractivity contribution >= 4 is 5.69 Å². The zero-order valence-corrected chi connectivity index (χ0v) is 10.3. The zero-order chi connectivity index (χ0) is 12.8. The molecule has 94 valence electrons. The lowest BCUT2D eigenvalue weighted by Crippen LogP contribution is -2.04. The maximum absolute atomic E-state index is 5.95. The van der Waals surface area contributed by atoms with E-state index in [-0.39, 0.29) is 0 Å². The largest absolute Gasteiger partial charge is 0.487 e. The number of hydrogen-bond acceptors (Lipinski definition) is 3. The molecule has 0 unspecified atom stereocenters. The summed E-state index contributed by atoms with van der Waals surface area (Å²) in [6, 6.07) is 15.9. The first kappa shape index (κ1) is 12.5. The van der Waals surface area contributed by atoms with E-state index in [2.05, 4.69) is 0 Å². The topological polar surface area (TPSA) is 61.3 Å². The third kappa shape index (κ3) is 3.25. The van der Waals surface area contributed by atoms with E-state index in [1.165, 1.54) is 0 Å². The van der Waals surface area contributed by atoms with E-state index in [9.17, 15) is 0 Å². The number of anilines is 1. The lowest BCUT2D eigenvalue weighted by molar-refractivity contribution is 0.308. The SMILES string of the molecule is NCCc1ccc(OCc2ccccc2)c(N)c1. The van der Waals surface area contributed by atoms with Crippen LogP contribution in [0.1, 0.15) is 11.1 Å². The second-order valence-corrected chi connectivity index (χ2v) is 4.19. The Kier molecular flexibility index (Phi) is 4.20. The summed E-state index contributed by atoms with van der Waals surface area (Å²) in [5.74, 6) is 0.722. The van der Waals surface area contributed by atoms with Crippen molar-refractivity contribution in [3.8, 4) is 5.75 Å². The molecule has 0 aliphatic carbocycles. The average Bonchev–Trinajstić information content (AvgIpc) is 2.39. The van der Waals surface area contributed by atoms with Crippen molar-refractivity contribution in [2.75, 3.05) is 12.3 Å². The standard InChI is InChI=1S/C15H18N2O/c16-9-8-12-6-7-15(14(17)10-12)18-11-13-4-2-1-3-5-13/h1-7,10H,8-9,11,16-17H2. The van der Waals surface area contributed by atoms with Crippen molar-refractivity contribution in [1.82, 2.24) is 0 Å². The lowest BCUT2D eigenvalue weighted by Gasteiger charge is -2.10. The summed E-state index contributed by atoms with van der Waals surface area (Å²) in [5.41, 5.74) is 14.4. The Labute approximate surface area is 107 Å². The predicted molar refractivity (Wildman–Crippen MR) is 74.4 cm³/mol. The number of nitrogens with two attached hydrogens (primary N) is 2. The molecule has 0 aromatic heterocycles. The van der Waals surface area contributed by atoms with Crippen molar-refractivity contribution < 1.29 is 4.74 Å². The molecule has 0 fully saturated rings. The summed E-state index contributed by atoms with van der Waals surface area (Å²) in [6.45, 7) is 1.16. The summed E-state index contributed by atoms with van der Waals surface area (Å²) >= 11 is 0. The van der Waals surface area contributed by atoms with Crippen molar-refractivity contribution in [3.63, 3.8) is 0 Å². The molecule has 2 aromatic rings. The van der Waals surface area contributed by atoms with Gasteiger partial charge in [-0.25, -0.2) is 0 Å². The highest BCUT2D eigenvalue weighted by Gasteiger charge is 2.02. The molecule has 18 heavy (non-hydrogen) atoms. The first-order chi connectivity index (χ1) is 8.79. The van der Waals surface area contributed by atoms with Gasteiger partial charge in [-0.1, -0.05) is 36.4 Å². The van der Waals surface area contributed by atoms with Gasteiger partial charge in [-0.15, -0.1) is 0 Å². The molecule has 0 heterocycles. The molecule has 0 saturated heterocycles. The summed E-state index contributed by atoms with van der Waals surface area (Å²) in [7, 11) is 0. The van der Waals surface area contributed by atoms with Crippen molar-refractivity contribution in [2.45, 2.75) is 13.0 Å². The van der Waals surface area contributed by atoms with E-state index in [0.29, 0.717) is 18.8 Å². The van der Waals surface area contributed by atoms with Crippen LogP contribution in [0.25, 0.3) is 0 Å². The van der Waals surface area contributed by atoms with Crippen molar-refractivity contribution in [3.05, 3.63) is 59.7 Å². The van der Waals surface area contributed by atoms with Gasteiger partial charge >= 0.3 is 0 Å². The van der Waals surface area contributed by atoms with Crippen LogP contribution >= 0.6 is 0 Å². The van der Waals surface area contributed by atoms with Crippen LogP contribution in [0.2, 0.25) is 0 Å². The highest BCUT2D eigenvalue weighted by molar-refractivity contribution is 5.54. The molecule has 0 bridgehead atoms. The Morgan fingerprint density at radius 2 is 1.72 bits per heavy atom. The Morgan fingerprint density at radius 1 is 0.944 bits per heavy atom. The van der Waals surface area contributed by atoms with E-state index in [4.69, 9.17) is 16.2 Å². The highest BCUT2D eigenvalue weighted by Crippen LogP contribution is 2.23. The molecule has 0 atom stereocenters. The Morgan fingerprint density at radius 3 is 2.39 bits per heavy atom. The van der Waals surface area contributed by atoms with Crippen LogP contribution in [0.4, 0.5) is 5.69 Å². The van der Waals surface area contributed by atoms with Crippen LogP contribution in [-0.2, 0) is 13.0 Å². The molecule has 0 aliphatic heterocycles. The molecule has 0 aliphatic rings. The van der Waals surface area contributed by atoms with Gasteiger partial charge in [-0.2, -0.15) is 0 Å². The second-order valence-electron chi connectivity index (χ2n) is 4.19. The number of hydrogen-bond donors (Lipinski definition) is 2. The van der Waals surface area contributed by atoms with Crippen LogP contribution < -0.4 is 16.2 Å². The highest BCUT2D eigenvalue weighted by atomic mass is 16.5. The zero-order valence-electron chi connectivity index (χ0n) is 10.3. The minimum Gasteiger partial charge on any atom is -0.487 e. The number of rotatable bonds is 5. The molecule has 0 spiro atoms. The molecule has 0 amide bonds. The number of ether oxygens (including phenoxy) is 1. The summed E-state index contributed by atoms with van der Waals surface area (Å²) < 4.78 is 5.70. The summed E-state index contributed by atoms with van der Waals surface area (Å²) in [4.78, 5) is 0. The predicted octanol–water partition coefficient (Wildman–Crippen LogP) is 2.35. The number of nitrogen functional groups attached to an aromatic ring is 1. The van der Waals surface area contributed by atoms with Gasteiger partial charge in [0, 0.05) is 0 Å².